The van der Waals surface area contributed by atoms with Gasteiger partial charge in [0.05, 0.1) is 6.10 Å². The topological polar surface area (TPSA) is 38.7 Å². The number of halogens is 1. The number of rotatable bonds is 4. The first-order chi connectivity index (χ1) is 10.2. The van der Waals surface area contributed by atoms with Gasteiger partial charge in [0.15, 0.2) is 0 Å². The Morgan fingerprint density at radius 3 is 2.43 bits per heavy atom. The van der Waals surface area contributed by atoms with Gasteiger partial charge >= 0.3 is 0 Å². The highest BCUT2D eigenvalue weighted by Gasteiger charge is 2.18. The second kappa shape index (κ2) is 5.97. The number of benzene rings is 2. The van der Waals surface area contributed by atoms with Gasteiger partial charge in [0, 0.05) is 12.5 Å². The van der Waals surface area contributed by atoms with E-state index in [4.69, 9.17) is 9.47 Å². The fraction of sp³-hybridized carbons (Fsp3) is 0.176. The molecule has 1 aliphatic carbocycles. The molecule has 0 aromatic heterocycles. The molecule has 2 aromatic rings. The Hall–Kier alpha value is -2.33. The molecular formula is C17H15FO3. The van der Waals surface area contributed by atoms with E-state index < -0.39 is 6.10 Å². The molecule has 0 fully saturated rings. The highest BCUT2D eigenvalue weighted by Crippen LogP contribution is 2.27. The molecule has 4 heteroatoms. The number of aliphatic hydroxyl groups excluding tert-OH is 1. The Labute approximate surface area is 122 Å². The van der Waals surface area contributed by atoms with Gasteiger partial charge in [0.1, 0.15) is 29.2 Å². The molecule has 0 saturated carbocycles. The van der Waals surface area contributed by atoms with Crippen LogP contribution in [-0.4, -0.2) is 17.3 Å². The molecule has 0 radical (unpaired) electrons. The summed E-state index contributed by atoms with van der Waals surface area (Å²) in [5.41, 5.74) is 0. The lowest BCUT2D eigenvalue weighted by atomic mass is 10.2. The van der Waals surface area contributed by atoms with Gasteiger partial charge in [-0.15, -0.1) is 0 Å². The van der Waals surface area contributed by atoms with Gasteiger partial charge < -0.3 is 14.6 Å². The van der Waals surface area contributed by atoms with E-state index in [-0.39, 0.29) is 11.9 Å². The van der Waals surface area contributed by atoms with Gasteiger partial charge in [-0.2, -0.15) is 0 Å². The van der Waals surface area contributed by atoms with Crippen molar-refractivity contribution in [1.82, 2.24) is 0 Å². The standard InChI is InChI=1S/C17H15FO3/c18-12-4-7-14(8-5-12)20-15-2-1-3-16(11-15)21-17-9-6-13(19)10-17/h1-9,11,13,17,19H,10H2/t13-,17-/m1/s1. The van der Waals surface area contributed by atoms with E-state index in [1.807, 2.05) is 18.2 Å². The van der Waals surface area contributed by atoms with E-state index in [1.165, 1.54) is 12.1 Å². The Morgan fingerprint density at radius 1 is 0.952 bits per heavy atom. The van der Waals surface area contributed by atoms with Crippen LogP contribution in [0.4, 0.5) is 4.39 Å². The Bertz CT molecular complexity index is 637. The average Bonchev–Trinajstić information content (AvgIpc) is 2.87. The summed E-state index contributed by atoms with van der Waals surface area (Å²) >= 11 is 0. The second-order valence-electron chi connectivity index (χ2n) is 4.88. The third-order valence-corrected chi connectivity index (χ3v) is 3.16. The van der Waals surface area contributed by atoms with Crippen molar-refractivity contribution in [2.45, 2.75) is 18.6 Å². The molecule has 1 aliphatic rings. The summed E-state index contributed by atoms with van der Waals surface area (Å²) in [6.45, 7) is 0. The maximum absolute atomic E-state index is 12.8. The molecule has 0 aliphatic heterocycles. The van der Waals surface area contributed by atoms with Crippen LogP contribution in [0.5, 0.6) is 17.2 Å². The SMILES string of the molecule is O[C@@H]1C=C[C@@H](Oc2cccc(Oc3ccc(F)cc3)c2)C1. The lowest BCUT2D eigenvalue weighted by Crippen LogP contribution is -2.13. The van der Waals surface area contributed by atoms with Crippen LogP contribution in [0.15, 0.2) is 60.7 Å². The third kappa shape index (κ3) is 3.61. The zero-order chi connectivity index (χ0) is 14.7. The lowest BCUT2D eigenvalue weighted by Gasteiger charge is -2.13. The molecule has 21 heavy (non-hydrogen) atoms. The molecular weight excluding hydrogens is 271 g/mol. The summed E-state index contributed by atoms with van der Waals surface area (Å²) in [6, 6.07) is 13.1. The molecule has 108 valence electrons. The first-order valence-corrected chi connectivity index (χ1v) is 6.75. The first kappa shape index (κ1) is 13.6. The molecule has 0 amide bonds. The van der Waals surface area contributed by atoms with Crippen LogP contribution in [-0.2, 0) is 0 Å². The quantitative estimate of drug-likeness (QED) is 0.871. The van der Waals surface area contributed by atoms with E-state index in [2.05, 4.69) is 0 Å². The largest absolute Gasteiger partial charge is 0.486 e. The number of hydrogen-bond donors (Lipinski definition) is 1. The third-order valence-electron chi connectivity index (χ3n) is 3.16. The normalized spacial score (nSPS) is 20.5. The van der Waals surface area contributed by atoms with Crippen molar-refractivity contribution in [2.75, 3.05) is 0 Å². The molecule has 1 N–H and O–H groups in total. The highest BCUT2D eigenvalue weighted by atomic mass is 19.1. The van der Waals surface area contributed by atoms with E-state index in [0.29, 0.717) is 23.7 Å². The highest BCUT2D eigenvalue weighted by molar-refractivity contribution is 5.37. The molecule has 0 bridgehead atoms. The minimum Gasteiger partial charge on any atom is -0.486 e. The minimum absolute atomic E-state index is 0.124. The summed E-state index contributed by atoms with van der Waals surface area (Å²) in [7, 11) is 0. The van der Waals surface area contributed by atoms with Gasteiger partial charge in [0.25, 0.3) is 0 Å². The lowest BCUT2D eigenvalue weighted by molar-refractivity contribution is 0.165. The van der Waals surface area contributed by atoms with Crippen molar-refractivity contribution < 1.29 is 19.0 Å². The average molecular weight is 286 g/mol. The van der Waals surface area contributed by atoms with Gasteiger partial charge in [-0.1, -0.05) is 12.1 Å². The monoisotopic (exact) mass is 286 g/mol. The number of aliphatic hydroxyl groups is 1. The van der Waals surface area contributed by atoms with Crippen LogP contribution >= 0.6 is 0 Å². The van der Waals surface area contributed by atoms with Crippen LogP contribution in [0.1, 0.15) is 6.42 Å². The Morgan fingerprint density at radius 2 is 1.71 bits per heavy atom. The van der Waals surface area contributed by atoms with Crippen molar-refractivity contribution in [2.24, 2.45) is 0 Å². The van der Waals surface area contributed by atoms with Crippen molar-refractivity contribution >= 4 is 0 Å². The summed E-state index contributed by atoms with van der Waals surface area (Å²) < 4.78 is 24.2. The predicted octanol–water partition coefficient (Wildman–Crippen LogP) is 3.69. The molecule has 2 aromatic carbocycles. The number of ether oxygens (including phenoxy) is 2. The van der Waals surface area contributed by atoms with Gasteiger partial charge in [-0.25, -0.2) is 4.39 Å². The smallest absolute Gasteiger partial charge is 0.131 e. The van der Waals surface area contributed by atoms with Gasteiger partial charge in [0.2, 0.25) is 0 Å². The fourth-order valence-corrected chi connectivity index (χ4v) is 2.16. The van der Waals surface area contributed by atoms with Crippen LogP contribution in [0.25, 0.3) is 0 Å². The molecule has 0 heterocycles. The zero-order valence-electron chi connectivity index (χ0n) is 11.3. The van der Waals surface area contributed by atoms with Crippen molar-refractivity contribution in [1.29, 1.82) is 0 Å². The van der Waals surface area contributed by atoms with Gasteiger partial charge in [-0.05, 0) is 42.5 Å². The molecule has 0 unspecified atom stereocenters. The summed E-state index contributed by atoms with van der Waals surface area (Å²) in [5.74, 6) is 1.54. The van der Waals surface area contributed by atoms with Crippen LogP contribution in [0, 0.1) is 5.82 Å². The van der Waals surface area contributed by atoms with E-state index in [1.54, 1.807) is 30.3 Å². The molecule has 3 nitrogen and oxygen atoms in total. The Balaban J connectivity index is 1.68. The maximum atomic E-state index is 12.8. The number of hydrogen-bond acceptors (Lipinski definition) is 3. The van der Waals surface area contributed by atoms with E-state index >= 15 is 0 Å². The summed E-state index contributed by atoms with van der Waals surface area (Å²) in [4.78, 5) is 0. The van der Waals surface area contributed by atoms with Crippen molar-refractivity contribution in [3.8, 4) is 17.2 Å². The summed E-state index contributed by atoms with van der Waals surface area (Å²) in [6.07, 6.45) is 3.57. The van der Waals surface area contributed by atoms with E-state index in [9.17, 15) is 9.50 Å². The fourth-order valence-electron chi connectivity index (χ4n) is 2.16. The molecule has 3 rings (SSSR count). The second-order valence-corrected chi connectivity index (χ2v) is 4.88. The van der Waals surface area contributed by atoms with E-state index in [0.717, 1.165) is 0 Å². The van der Waals surface area contributed by atoms with Crippen molar-refractivity contribution in [3.63, 3.8) is 0 Å². The van der Waals surface area contributed by atoms with Crippen LogP contribution in [0.3, 0.4) is 0 Å². The van der Waals surface area contributed by atoms with Crippen LogP contribution in [0.2, 0.25) is 0 Å². The zero-order valence-corrected chi connectivity index (χ0v) is 11.3. The van der Waals surface area contributed by atoms with Crippen molar-refractivity contribution in [3.05, 3.63) is 66.5 Å². The van der Waals surface area contributed by atoms with Gasteiger partial charge in [-0.3, -0.25) is 0 Å². The maximum Gasteiger partial charge on any atom is 0.131 e. The Kier molecular flexibility index (Phi) is 3.88. The summed E-state index contributed by atoms with van der Waals surface area (Å²) in [5, 5.41) is 9.43. The molecule has 2 atom stereocenters. The minimum atomic E-state index is -0.436. The molecule has 0 saturated heterocycles. The first-order valence-electron chi connectivity index (χ1n) is 6.75. The molecule has 0 spiro atoms. The predicted molar refractivity (Wildman–Crippen MR) is 77.1 cm³/mol. The van der Waals surface area contributed by atoms with Crippen LogP contribution < -0.4 is 9.47 Å².